The SMILES string of the molecule is CNC1CNCC(C(=O)N2CCC[C@@H](Nc3c(C(=O)N4CCCCC4)cc(Br)cc3[N+](=O)[O-])C2)C1. The van der Waals surface area contributed by atoms with Crippen LogP contribution < -0.4 is 16.0 Å². The van der Waals surface area contributed by atoms with Gasteiger partial charge in [-0.3, -0.25) is 19.7 Å². The van der Waals surface area contributed by atoms with Crippen LogP contribution in [0.1, 0.15) is 48.9 Å². The molecule has 3 saturated heterocycles. The molecule has 0 radical (unpaired) electrons. The number of amides is 2. The first-order valence-electron chi connectivity index (χ1n) is 12.6. The maximum absolute atomic E-state index is 13.4. The number of carbonyl (C=O) groups excluding carboxylic acids is 2. The molecule has 3 aliphatic heterocycles. The highest BCUT2D eigenvalue weighted by atomic mass is 79.9. The molecular weight excluding hydrogens is 516 g/mol. The molecule has 0 aromatic heterocycles. The third-order valence-corrected chi connectivity index (χ3v) is 7.80. The van der Waals surface area contributed by atoms with Crippen molar-refractivity contribution < 1.29 is 14.5 Å². The highest BCUT2D eigenvalue weighted by Crippen LogP contribution is 2.35. The number of nitro benzene ring substituents is 1. The van der Waals surface area contributed by atoms with E-state index in [1.165, 1.54) is 6.07 Å². The average molecular weight is 551 g/mol. The van der Waals surface area contributed by atoms with Crippen LogP contribution in [0.2, 0.25) is 0 Å². The molecule has 192 valence electrons. The number of rotatable bonds is 6. The zero-order chi connectivity index (χ0) is 24.9. The lowest BCUT2D eigenvalue weighted by molar-refractivity contribution is -0.384. The Morgan fingerprint density at radius 3 is 2.54 bits per heavy atom. The molecular formula is C24H35BrN6O4. The van der Waals surface area contributed by atoms with E-state index in [0.29, 0.717) is 42.8 Å². The molecule has 3 atom stereocenters. The Morgan fingerprint density at radius 1 is 1.09 bits per heavy atom. The van der Waals surface area contributed by atoms with E-state index in [1.54, 1.807) is 11.0 Å². The summed E-state index contributed by atoms with van der Waals surface area (Å²) in [7, 11) is 1.91. The van der Waals surface area contributed by atoms with Crippen molar-refractivity contribution in [3.63, 3.8) is 0 Å². The summed E-state index contributed by atoms with van der Waals surface area (Å²) < 4.78 is 0.499. The van der Waals surface area contributed by atoms with E-state index in [0.717, 1.165) is 45.1 Å². The summed E-state index contributed by atoms with van der Waals surface area (Å²) in [6.45, 7) is 3.98. The molecule has 4 rings (SSSR count). The minimum atomic E-state index is -0.447. The van der Waals surface area contributed by atoms with Gasteiger partial charge in [-0.1, -0.05) is 15.9 Å². The zero-order valence-electron chi connectivity index (χ0n) is 20.2. The first-order valence-corrected chi connectivity index (χ1v) is 13.4. The summed E-state index contributed by atoms with van der Waals surface area (Å²) in [5.41, 5.74) is 0.434. The predicted molar refractivity (Wildman–Crippen MR) is 138 cm³/mol. The second-order valence-corrected chi connectivity index (χ2v) is 10.7. The summed E-state index contributed by atoms with van der Waals surface area (Å²) in [6.07, 6.45) is 5.34. The van der Waals surface area contributed by atoms with E-state index < -0.39 is 4.92 Å². The van der Waals surface area contributed by atoms with E-state index in [2.05, 4.69) is 31.9 Å². The monoisotopic (exact) mass is 550 g/mol. The van der Waals surface area contributed by atoms with E-state index >= 15 is 0 Å². The van der Waals surface area contributed by atoms with Crippen LogP contribution >= 0.6 is 15.9 Å². The van der Waals surface area contributed by atoms with Crippen molar-refractivity contribution in [1.29, 1.82) is 0 Å². The minimum absolute atomic E-state index is 0.0850. The molecule has 0 saturated carbocycles. The van der Waals surface area contributed by atoms with Gasteiger partial charge in [0.2, 0.25) is 5.91 Å². The highest BCUT2D eigenvalue weighted by Gasteiger charge is 2.34. The maximum Gasteiger partial charge on any atom is 0.294 e. The molecule has 11 heteroatoms. The second kappa shape index (κ2) is 11.7. The van der Waals surface area contributed by atoms with Gasteiger partial charge in [0.1, 0.15) is 5.69 Å². The molecule has 3 fully saturated rings. The minimum Gasteiger partial charge on any atom is -0.374 e. The quantitative estimate of drug-likeness (QED) is 0.367. The first-order chi connectivity index (χ1) is 16.9. The standard InChI is InChI=1S/C24H35BrN6O4/c1-26-19-10-16(13-27-14-19)23(32)30-9-5-6-18(15-30)28-22-20(11-17(25)12-21(22)31(34)35)24(33)29-7-3-2-4-8-29/h11-12,16,18-19,26-28H,2-10,13-15H2,1H3/t16?,18-,19?/m1/s1. The number of nitrogens with one attached hydrogen (secondary N) is 3. The van der Waals surface area contributed by atoms with Crippen LogP contribution in [0.15, 0.2) is 16.6 Å². The Morgan fingerprint density at radius 2 is 1.83 bits per heavy atom. The van der Waals surface area contributed by atoms with Gasteiger partial charge in [-0.05, 0) is 51.6 Å². The predicted octanol–water partition coefficient (Wildman–Crippen LogP) is 2.58. The van der Waals surface area contributed by atoms with Gasteiger partial charge in [-0.15, -0.1) is 0 Å². The molecule has 0 bridgehead atoms. The lowest BCUT2D eigenvalue weighted by atomic mass is 9.93. The van der Waals surface area contributed by atoms with E-state index in [1.807, 2.05) is 11.9 Å². The summed E-state index contributed by atoms with van der Waals surface area (Å²) in [4.78, 5) is 41.8. The van der Waals surface area contributed by atoms with Crippen molar-refractivity contribution in [1.82, 2.24) is 20.4 Å². The van der Waals surface area contributed by atoms with Crippen molar-refractivity contribution in [2.24, 2.45) is 5.92 Å². The van der Waals surface area contributed by atoms with Gasteiger partial charge in [-0.25, -0.2) is 0 Å². The number of benzene rings is 1. The van der Waals surface area contributed by atoms with Crippen molar-refractivity contribution >= 4 is 39.1 Å². The van der Waals surface area contributed by atoms with Crippen molar-refractivity contribution in [3.8, 4) is 0 Å². The Kier molecular flexibility index (Phi) is 8.61. The fourth-order valence-electron chi connectivity index (χ4n) is 5.43. The number of halogens is 1. The van der Waals surface area contributed by atoms with Gasteiger partial charge in [0.05, 0.1) is 16.4 Å². The molecule has 2 amide bonds. The molecule has 3 N–H and O–H groups in total. The van der Waals surface area contributed by atoms with Crippen molar-refractivity contribution in [3.05, 3.63) is 32.3 Å². The summed E-state index contributed by atoms with van der Waals surface area (Å²) in [6, 6.07) is 3.21. The summed E-state index contributed by atoms with van der Waals surface area (Å²) in [5, 5.41) is 21.9. The third-order valence-electron chi connectivity index (χ3n) is 7.34. The topological polar surface area (TPSA) is 120 Å². The van der Waals surface area contributed by atoms with Crippen LogP contribution in [0.4, 0.5) is 11.4 Å². The summed E-state index contributed by atoms with van der Waals surface area (Å²) in [5.74, 6) is -0.149. The fourth-order valence-corrected chi connectivity index (χ4v) is 5.88. The molecule has 0 spiro atoms. The number of nitro groups is 1. The smallest absolute Gasteiger partial charge is 0.294 e. The van der Waals surface area contributed by atoms with Crippen LogP contribution in [0, 0.1) is 16.0 Å². The number of carbonyl (C=O) groups is 2. The Bertz CT molecular complexity index is 954. The number of anilines is 1. The molecule has 3 aliphatic rings. The number of hydrogen-bond acceptors (Lipinski definition) is 7. The van der Waals surface area contributed by atoms with E-state index in [-0.39, 0.29) is 41.2 Å². The third kappa shape index (κ3) is 6.13. The molecule has 10 nitrogen and oxygen atoms in total. The number of nitrogens with zero attached hydrogens (tertiary/aromatic N) is 3. The van der Waals surface area contributed by atoms with Gasteiger partial charge < -0.3 is 25.8 Å². The van der Waals surface area contributed by atoms with Crippen LogP contribution in [0.5, 0.6) is 0 Å². The Labute approximate surface area is 214 Å². The van der Waals surface area contributed by atoms with E-state index in [4.69, 9.17) is 0 Å². The number of piperidine rings is 3. The number of hydrogen-bond donors (Lipinski definition) is 3. The first kappa shape index (κ1) is 25.8. The molecule has 2 unspecified atom stereocenters. The molecule has 0 aliphatic carbocycles. The van der Waals surface area contributed by atoms with E-state index in [9.17, 15) is 19.7 Å². The lowest BCUT2D eigenvalue weighted by Gasteiger charge is -2.38. The van der Waals surface area contributed by atoms with Crippen LogP contribution in [-0.2, 0) is 4.79 Å². The largest absolute Gasteiger partial charge is 0.374 e. The lowest BCUT2D eigenvalue weighted by Crippen LogP contribution is -2.53. The van der Waals surface area contributed by atoms with Gasteiger partial charge in [0, 0.05) is 61.9 Å². The fraction of sp³-hybridized carbons (Fsp3) is 0.667. The summed E-state index contributed by atoms with van der Waals surface area (Å²) >= 11 is 3.35. The van der Waals surface area contributed by atoms with Gasteiger partial charge in [-0.2, -0.15) is 0 Å². The van der Waals surface area contributed by atoms with Gasteiger partial charge >= 0.3 is 0 Å². The Balaban J connectivity index is 1.54. The number of likely N-dealkylation sites (tertiary alicyclic amines) is 2. The van der Waals surface area contributed by atoms with Crippen LogP contribution in [0.25, 0.3) is 0 Å². The average Bonchev–Trinajstić information content (AvgIpc) is 2.89. The normalized spacial score (nSPS) is 25.3. The zero-order valence-corrected chi connectivity index (χ0v) is 21.8. The van der Waals surface area contributed by atoms with Crippen LogP contribution in [-0.4, -0.2) is 84.9 Å². The van der Waals surface area contributed by atoms with Crippen LogP contribution in [0.3, 0.4) is 0 Å². The van der Waals surface area contributed by atoms with Crippen molar-refractivity contribution in [2.75, 3.05) is 51.6 Å². The van der Waals surface area contributed by atoms with Gasteiger partial charge in [0.25, 0.3) is 11.6 Å². The molecule has 1 aromatic carbocycles. The highest BCUT2D eigenvalue weighted by molar-refractivity contribution is 9.10. The van der Waals surface area contributed by atoms with Gasteiger partial charge in [0.15, 0.2) is 0 Å². The maximum atomic E-state index is 13.4. The molecule has 35 heavy (non-hydrogen) atoms. The molecule has 1 aromatic rings. The molecule has 3 heterocycles. The Hall–Kier alpha value is -2.24. The van der Waals surface area contributed by atoms with Crippen molar-refractivity contribution in [2.45, 2.75) is 50.6 Å². The number of likely N-dealkylation sites (N-methyl/N-ethyl adjacent to an activating group) is 1. The second-order valence-electron chi connectivity index (χ2n) is 9.80.